The molecule has 0 saturated heterocycles. The van der Waals surface area contributed by atoms with E-state index in [4.69, 9.17) is 0 Å². The van der Waals surface area contributed by atoms with E-state index in [-0.39, 0.29) is 17.0 Å². The van der Waals surface area contributed by atoms with Crippen LogP contribution in [0.2, 0.25) is 0 Å². The van der Waals surface area contributed by atoms with Gasteiger partial charge in [-0.25, -0.2) is 9.97 Å². The monoisotopic (exact) mass is 334 g/mol. The molecule has 0 radical (unpaired) electrons. The minimum absolute atomic E-state index is 0. The minimum atomic E-state index is 0. The molecule has 2 aromatic heterocycles. The number of nitrogens with zero attached hydrogens (tertiary/aromatic N) is 3. The molecule has 0 aliphatic heterocycles. The number of benzene rings is 1. The van der Waals surface area contributed by atoms with Crippen LogP contribution in [0.25, 0.3) is 11.4 Å². The van der Waals surface area contributed by atoms with Crippen molar-refractivity contribution in [3.63, 3.8) is 0 Å². The predicted octanol–water partition coefficient (Wildman–Crippen LogP) is 3.60. The summed E-state index contributed by atoms with van der Waals surface area (Å²) in [5.41, 5.74) is 1.03. The van der Waals surface area contributed by atoms with Gasteiger partial charge in [0.15, 0.2) is 5.82 Å². The van der Waals surface area contributed by atoms with E-state index < -0.39 is 0 Å². The largest absolute Gasteiger partial charge is 0.258 e. The molecule has 3 rings (SSSR count). The molecule has 0 unspecified atom stereocenters. The van der Waals surface area contributed by atoms with E-state index in [1.807, 2.05) is 48.5 Å². The molecule has 0 aliphatic carbocycles. The zero-order valence-electron chi connectivity index (χ0n) is 9.85. The number of aromatic nitrogens is 4. The summed E-state index contributed by atoms with van der Waals surface area (Å²) in [4.78, 5) is 8.66. The Morgan fingerprint density at radius 2 is 1.74 bits per heavy atom. The number of hydrogen-bond acceptors (Lipinski definition) is 4. The highest BCUT2D eigenvalue weighted by Crippen LogP contribution is 2.24. The Morgan fingerprint density at radius 3 is 2.47 bits per heavy atom. The van der Waals surface area contributed by atoms with E-state index in [1.54, 1.807) is 6.20 Å². The van der Waals surface area contributed by atoms with Gasteiger partial charge in [-0.1, -0.05) is 36.4 Å². The molecule has 0 fully saturated rings. The first-order valence-electron chi connectivity index (χ1n) is 5.48. The normalized spacial score (nSPS) is 9.89. The molecule has 0 aliphatic rings. The van der Waals surface area contributed by atoms with Crippen molar-refractivity contribution in [3.05, 3.63) is 54.7 Å². The van der Waals surface area contributed by atoms with Crippen LogP contribution in [0.1, 0.15) is 0 Å². The summed E-state index contributed by atoms with van der Waals surface area (Å²) in [7, 11) is 0. The van der Waals surface area contributed by atoms with E-state index in [9.17, 15) is 0 Å². The van der Waals surface area contributed by atoms with Crippen molar-refractivity contribution in [1.29, 1.82) is 0 Å². The molecule has 0 saturated carbocycles. The summed E-state index contributed by atoms with van der Waals surface area (Å²) in [6.45, 7) is 0. The van der Waals surface area contributed by atoms with Crippen molar-refractivity contribution in [3.8, 4) is 11.4 Å². The molecule has 3 aromatic rings. The van der Waals surface area contributed by atoms with Crippen molar-refractivity contribution in [2.45, 2.75) is 10.2 Å². The van der Waals surface area contributed by atoms with Crippen LogP contribution in [0.15, 0.2) is 64.9 Å². The Bertz CT molecular complexity index is 627. The van der Waals surface area contributed by atoms with Crippen LogP contribution in [0.5, 0.6) is 0 Å². The van der Waals surface area contributed by atoms with Crippen LogP contribution in [-0.4, -0.2) is 20.2 Å². The maximum Gasteiger partial charge on any atom is 0.215 e. The summed E-state index contributed by atoms with van der Waals surface area (Å²) >= 11 is 1.44. The highest BCUT2D eigenvalue weighted by atomic mass is 79.9. The van der Waals surface area contributed by atoms with Gasteiger partial charge in [0.25, 0.3) is 0 Å². The number of H-pyrrole nitrogens is 1. The summed E-state index contributed by atoms with van der Waals surface area (Å²) in [5.74, 6) is 0.772. The SMILES string of the molecule is Br.c1ccc(-c2nc(Sc3ccccn3)n[nH]2)cc1. The van der Waals surface area contributed by atoms with Crippen LogP contribution in [0, 0.1) is 0 Å². The maximum atomic E-state index is 4.43. The lowest BCUT2D eigenvalue weighted by Gasteiger charge is -1.94. The van der Waals surface area contributed by atoms with E-state index in [2.05, 4.69) is 20.2 Å². The third-order valence-corrected chi connectivity index (χ3v) is 3.16. The predicted molar refractivity (Wildman–Crippen MR) is 80.5 cm³/mol. The number of hydrogen-bond donors (Lipinski definition) is 1. The van der Waals surface area contributed by atoms with Crippen LogP contribution in [0.4, 0.5) is 0 Å². The molecule has 6 heteroatoms. The topological polar surface area (TPSA) is 54.5 Å². The molecule has 1 aromatic carbocycles. The first kappa shape index (κ1) is 13.8. The number of halogens is 1. The average Bonchev–Trinajstić information content (AvgIpc) is 2.89. The Hall–Kier alpha value is -1.66. The summed E-state index contributed by atoms with van der Waals surface area (Å²) < 4.78 is 0. The van der Waals surface area contributed by atoms with Gasteiger partial charge in [0, 0.05) is 11.8 Å². The van der Waals surface area contributed by atoms with Crippen molar-refractivity contribution in [1.82, 2.24) is 20.2 Å². The van der Waals surface area contributed by atoms with Gasteiger partial charge in [-0.3, -0.25) is 5.10 Å². The van der Waals surface area contributed by atoms with Gasteiger partial charge in [0.05, 0.1) is 0 Å². The number of nitrogens with one attached hydrogen (secondary N) is 1. The third kappa shape index (κ3) is 3.42. The molecule has 96 valence electrons. The van der Waals surface area contributed by atoms with Crippen LogP contribution < -0.4 is 0 Å². The third-order valence-electron chi connectivity index (χ3n) is 2.35. The van der Waals surface area contributed by atoms with E-state index in [0.29, 0.717) is 5.16 Å². The molecule has 0 spiro atoms. The van der Waals surface area contributed by atoms with Gasteiger partial charge in [0.1, 0.15) is 5.03 Å². The van der Waals surface area contributed by atoms with Gasteiger partial charge in [-0.2, -0.15) is 0 Å². The van der Waals surface area contributed by atoms with Crippen molar-refractivity contribution in [2.75, 3.05) is 0 Å². The van der Waals surface area contributed by atoms with Crippen molar-refractivity contribution in [2.24, 2.45) is 0 Å². The summed E-state index contributed by atoms with van der Waals surface area (Å²) in [6.07, 6.45) is 1.76. The zero-order chi connectivity index (χ0) is 12.2. The molecule has 4 nitrogen and oxygen atoms in total. The Balaban J connectivity index is 0.00000133. The molecule has 0 bridgehead atoms. The fourth-order valence-corrected chi connectivity index (χ4v) is 2.19. The van der Waals surface area contributed by atoms with Gasteiger partial charge in [-0.05, 0) is 23.9 Å². The van der Waals surface area contributed by atoms with Crippen LogP contribution >= 0.6 is 28.7 Å². The molecule has 1 N–H and O–H groups in total. The molecular formula is C13H11BrN4S. The summed E-state index contributed by atoms with van der Waals surface area (Å²) in [6, 6.07) is 15.7. The standard InChI is InChI=1S/C13H10N4S.BrH/c1-2-6-10(7-3-1)12-15-13(17-16-12)18-11-8-4-5-9-14-11;/h1-9H,(H,15,16,17);1H. The van der Waals surface area contributed by atoms with E-state index >= 15 is 0 Å². The van der Waals surface area contributed by atoms with Crippen LogP contribution in [-0.2, 0) is 0 Å². The second kappa shape index (κ2) is 6.49. The Kier molecular flexibility index (Phi) is 4.70. The smallest absolute Gasteiger partial charge is 0.215 e. The maximum absolute atomic E-state index is 4.43. The highest BCUT2D eigenvalue weighted by molar-refractivity contribution is 8.93. The molecule has 19 heavy (non-hydrogen) atoms. The van der Waals surface area contributed by atoms with Gasteiger partial charge in [0.2, 0.25) is 5.16 Å². The van der Waals surface area contributed by atoms with Crippen molar-refractivity contribution < 1.29 is 0 Å². The first-order valence-corrected chi connectivity index (χ1v) is 6.30. The molecule has 0 amide bonds. The molecule has 0 atom stereocenters. The number of pyridine rings is 1. The fraction of sp³-hybridized carbons (Fsp3) is 0. The second-order valence-corrected chi connectivity index (χ2v) is 4.59. The summed E-state index contributed by atoms with van der Waals surface area (Å²) in [5, 5.41) is 8.67. The first-order chi connectivity index (χ1) is 8.92. The quantitative estimate of drug-likeness (QED) is 0.795. The Morgan fingerprint density at radius 1 is 0.947 bits per heavy atom. The van der Waals surface area contributed by atoms with Gasteiger partial charge >= 0.3 is 0 Å². The fourth-order valence-electron chi connectivity index (χ4n) is 1.52. The lowest BCUT2D eigenvalue weighted by Crippen LogP contribution is -1.80. The lowest BCUT2D eigenvalue weighted by molar-refractivity contribution is 0.967. The van der Waals surface area contributed by atoms with Gasteiger partial charge in [-0.15, -0.1) is 22.1 Å². The van der Waals surface area contributed by atoms with Crippen molar-refractivity contribution >= 4 is 28.7 Å². The highest BCUT2D eigenvalue weighted by Gasteiger charge is 2.06. The molecular weight excluding hydrogens is 324 g/mol. The number of aromatic amines is 1. The number of rotatable bonds is 3. The average molecular weight is 335 g/mol. The zero-order valence-corrected chi connectivity index (χ0v) is 12.4. The minimum Gasteiger partial charge on any atom is -0.258 e. The molecule has 2 heterocycles. The lowest BCUT2D eigenvalue weighted by atomic mass is 10.2. The second-order valence-electron chi connectivity index (χ2n) is 3.60. The Labute approximate surface area is 125 Å². The van der Waals surface area contributed by atoms with E-state index in [1.165, 1.54) is 11.8 Å². The van der Waals surface area contributed by atoms with Gasteiger partial charge < -0.3 is 0 Å². The van der Waals surface area contributed by atoms with E-state index in [0.717, 1.165) is 16.4 Å². The van der Waals surface area contributed by atoms with Crippen LogP contribution in [0.3, 0.4) is 0 Å².